The first-order valence-corrected chi connectivity index (χ1v) is 9.51. The Morgan fingerprint density at radius 3 is 2.52 bits per heavy atom. The topological polar surface area (TPSA) is 98.5 Å². The van der Waals surface area contributed by atoms with E-state index in [0.29, 0.717) is 32.6 Å². The quantitative estimate of drug-likeness (QED) is 0.628. The number of nitro benzene ring substituents is 1. The Hall–Kier alpha value is -1.67. The van der Waals surface area contributed by atoms with Crippen LogP contribution in [0.1, 0.15) is 18.4 Å². The van der Waals surface area contributed by atoms with Crippen LogP contribution in [0.4, 0.5) is 11.4 Å². The maximum absolute atomic E-state index is 11.8. The number of rotatable bonds is 6. The molecule has 0 atom stereocenters. The molecule has 1 aliphatic heterocycles. The normalized spacial score (nSPS) is 17.7. The van der Waals surface area contributed by atoms with Crippen molar-refractivity contribution in [3.63, 3.8) is 0 Å². The van der Waals surface area contributed by atoms with Crippen molar-refractivity contribution in [3.05, 3.63) is 33.9 Å². The van der Waals surface area contributed by atoms with Gasteiger partial charge in [-0.3, -0.25) is 10.1 Å². The summed E-state index contributed by atoms with van der Waals surface area (Å²) in [7, 11) is -3.10. The number of nitro groups is 1. The average Bonchev–Trinajstić information content (AvgIpc) is 2.45. The molecule has 1 saturated heterocycles. The predicted octanol–water partition coefficient (Wildman–Crippen LogP) is 2.16. The first-order valence-electron chi connectivity index (χ1n) is 7.45. The van der Waals surface area contributed by atoms with E-state index in [1.54, 1.807) is 13.0 Å². The fourth-order valence-electron chi connectivity index (χ4n) is 2.98. The Balaban J connectivity index is 2.14. The lowest BCUT2D eigenvalue weighted by Crippen LogP contribution is -2.41. The molecule has 0 spiro atoms. The highest BCUT2D eigenvalue weighted by Gasteiger charge is 2.35. The standard InChI is InChI=1S/C15H22N2O5S/c1-12-9-13(17(18)19)3-4-14(12)16-10-15(11-23(2,20)21)5-7-22-8-6-15/h3-4,9,16H,5-8,10-11H2,1-2H3. The van der Waals surface area contributed by atoms with Crippen LogP contribution < -0.4 is 5.32 Å². The van der Waals surface area contributed by atoms with Gasteiger partial charge < -0.3 is 10.1 Å². The van der Waals surface area contributed by atoms with E-state index >= 15 is 0 Å². The number of ether oxygens (including phenoxy) is 1. The summed E-state index contributed by atoms with van der Waals surface area (Å²) < 4.78 is 28.9. The maximum atomic E-state index is 11.8. The summed E-state index contributed by atoms with van der Waals surface area (Å²) in [6, 6.07) is 4.62. The predicted molar refractivity (Wildman–Crippen MR) is 88.5 cm³/mol. The largest absolute Gasteiger partial charge is 0.384 e. The number of anilines is 1. The molecule has 128 valence electrons. The summed E-state index contributed by atoms with van der Waals surface area (Å²) >= 11 is 0. The van der Waals surface area contributed by atoms with Gasteiger partial charge in [0.1, 0.15) is 9.84 Å². The van der Waals surface area contributed by atoms with Gasteiger partial charge in [0.25, 0.3) is 5.69 Å². The van der Waals surface area contributed by atoms with Crippen LogP contribution in [0.25, 0.3) is 0 Å². The Bertz CT molecular complexity index is 681. The van der Waals surface area contributed by atoms with Gasteiger partial charge in [0, 0.05) is 49.2 Å². The van der Waals surface area contributed by atoms with Crippen molar-refractivity contribution < 1.29 is 18.1 Å². The van der Waals surface area contributed by atoms with Gasteiger partial charge in [0.15, 0.2) is 0 Å². The summed E-state index contributed by atoms with van der Waals surface area (Å²) in [4.78, 5) is 10.4. The zero-order valence-electron chi connectivity index (χ0n) is 13.4. The molecule has 0 saturated carbocycles. The minimum atomic E-state index is -3.10. The van der Waals surface area contributed by atoms with E-state index in [-0.39, 0.29) is 16.9 Å². The fourth-order valence-corrected chi connectivity index (χ4v) is 4.48. The average molecular weight is 342 g/mol. The summed E-state index contributed by atoms with van der Waals surface area (Å²) in [6.07, 6.45) is 2.61. The zero-order valence-corrected chi connectivity index (χ0v) is 14.2. The van der Waals surface area contributed by atoms with E-state index < -0.39 is 14.8 Å². The second kappa shape index (κ2) is 6.84. The van der Waals surface area contributed by atoms with Crippen LogP contribution in [-0.2, 0) is 14.6 Å². The second-order valence-electron chi connectivity index (χ2n) is 6.29. The third-order valence-corrected chi connectivity index (χ3v) is 5.33. The molecule has 0 unspecified atom stereocenters. The Labute approximate surface area is 136 Å². The molecular formula is C15H22N2O5S. The van der Waals surface area contributed by atoms with E-state index in [2.05, 4.69) is 5.32 Å². The van der Waals surface area contributed by atoms with Gasteiger partial charge >= 0.3 is 0 Å². The molecule has 0 aromatic heterocycles. The van der Waals surface area contributed by atoms with Crippen molar-refractivity contribution in [2.24, 2.45) is 5.41 Å². The number of sulfone groups is 1. The molecule has 1 aromatic carbocycles. The fraction of sp³-hybridized carbons (Fsp3) is 0.600. The van der Waals surface area contributed by atoms with Crippen molar-refractivity contribution >= 4 is 21.2 Å². The van der Waals surface area contributed by atoms with Crippen LogP contribution in [0, 0.1) is 22.5 Å². The van der Waals surface area contributed by atoms with Gasteiger partial charge in [-0.15, -0.1) is 0 Å². The van der Waals surface area contributed by atoms with Crippen molar-refractivity contribution in [2.45, 2.75) is 19.8 Å². The van der Waals surface area contributed by atoms with Gasteiger partial charge in [-0.1, -0.05) is 0 Å². The third-order valence-electron chi connectivity index (χ3n) is 4.20. The number of hydrogen-bond acceptors (Lipinski definition) is 6. The smallest absolute Gasteiger partial charge is 0.269 e. The van der Waals surface area contributed by atoms with Gasteiger partial charge in [-0.25, -0.2) is 8.42 Å². The lowest BCUT2D eigenvalue weighted by Gasteiger charge is -2.37. The molecule has 0 bridgehead atoms. The lowest BCUT2D eigenvalue weighted by molar-refractivity contribution is -0.384. The number of hydrogen-bond donors (Lipinski definition) is 1. The molecule has 8 heteroatoms. The van der Waals surface area contributed by atoms with Crippen molar-refractivity contribution in [2.75, 3.05) is 37.1 Å². The van der Waals surface area contributed by atoms with Crippen molar-refractivity contribution in [1.29, 1.82) is 0 Å². The van der Waals surface area contributed by atoms with Gasteiger partial charge in [-0.2, -0.15) is 0 Å². The number of non-ortho nitro benzene ring substituents is 1. The molecule has 1 aromatic rings. The van der Waals surface area contributed by atoms with E-state index in [9.17, 15) is 18.5 Å². The van der Waals surface area contributed by atoms with Crippen LogP contribution in [0.5, 0.6) is 0 Å². The number of nitrogens with one attached hydrogen (secondary N) is 1. The van der Waals surface area contributed by atoms with Gasteiger partial charge in [-0.05, 0) is 31.4 Å². The maximum Gasteiger partial charge on any atom is 0.269 e. The van der Waals surface area contributed by atoms with E-state index in [1.165, 1.54) is 18.4 Å². The summed E-state index contributed by atoms with van der Waals surface area (Å²) in [5.41, 5.74) is 1.24. The highest BCUT2D eigenvalue weighted by molar-refractivity contribution is 7.90. The van der Waals surface area contributed by atoms with E-state index in [1.807, 2.05) is 0 Å². The van der Waals surface area contributed by atoms with Crippen LogP contribution >= 0.6 is 0 Å². The number of nitrogens with zero attached hydrogens (tertiary/aromatic N) is 1. The SMILES string of the molecule is Cc1cc([N+](=O)[O-])ccc1NCC1(CS(C)(=O)=O)CCOCC1. The van der Waals surface area contributed by atoms with Crippen molar-refractivity contribution in [1.82, 2.24) is 0 Å². The Morgan fingerprint density at radius 1 is 1.35 bits per heavy atom. The molecule has 0 amide bonds. The second-order valence-corrected chi connectivity index (χ2v) is 8.43. The molecule has 2 rings (SSSR count). The van der Waals surface area contributed by atoms with E-state index in [4.69, 9.17) is 4.74 Å². The van der Waals surface area contributed by atoms with Crippen LogP contribution in [0.15, 0.2) is 18.2 Å². The highest BCUT2D eigenvalue weighted by atomic mass is 32.2. The van der Waals surface area contributed by atoms with Crippen LogP contribution in [0.3, 0.4) is 0 Å². The number of aryl methyl sites for hydroxylation is 1. The Morgan fingerprint density at radius 2 is 2.00 bits per heavy atom. The molecule has 1 fully saturated rings. The molecule has 1 aliphatic rings. The lowest BCUT2D eigenvalue weighted by atomic mass is 9.82. The molecule has 0 aliphatic carbocycles. The minimum Gasteiger partial charge on any atom is -0.384 e. The van der Waals surface area contributed by atoms with Crippen LogP contribution in [0.2, 0.25) is 0 Å². The minimum absolute atomic E-state index is 0.0463. The first kappa shape index (κ1) is 17.7. The first-order chi connectivity index (χ1) is 10.7. The van der Waals surface area contributed by atoms with Crippen LogP contribution in [-0.4, -0.2) is 45.1 Å². The van der Waals surface area contributed by atoms with E-state index in [0.717, 1.165) is 11.3 Å². The highest BCUT2D eigenvalue weighted by Crippen LogP contribution is 2.33. The zero-order chi connectivity index (χ0) is 17.1. The van der Waals surface area contributed by atoms with Gasteiger partial charge in [0.2, 0.25) is 0 Å². The summed E-state index contributed by atoms with van der Waals surface area (Å²) in [5, 5.41) is 14.1. The third kappa shape index (κ3) is 4.90. The molecule has 1 N–H and O–H groups in total. The molecular weight excluding hydrogens is 320 g/mol. The molecule has 1 heterocycles. The molecule has 0 radical (unpaired) electrons. The Kier molecular flexibility index (Phi) is 5.26. The van der Waals surface area contributed by atoms with Crippen molar-refractivity contribution in [3.8, 4) is 0 Å². The summed E-state index contributed by atoms with van der Waals surface area (Å²) in [6.45, 7) is 3.40. The number of benzene rings is 1. The molecule has 7 nitrogen and oxygen atoms in total. The van der Waals surface area contributed by atoms with Gasteiger partial charge in [0.05, 0.1) is 10.7 Å². The monoisotopic (exact) mass is 342 g/mol. The molecule has 23 heavy (non-hydrogen) atoms. The summed E-state index contributed by atoms with van der Waals surface area (Å²) in [5.74, 6) is 0.113.